The van der Waals surface area contributed by atoms with Crippen LogP contribution in [0.5, 0.6) is 5.75 Å². The SMILES string of the molecule is CC(C)c1ccc(OCc2cccc(-c3nc(-c4cccs4)no3)c2)cc1. The van der Waals surface area contributed by atoms with Gasteiger partial charge in [0.25, 0.3) is 5.89 Å². The van der Waals surface area contributed by atoms with Crippen LogP contribution < -0.4 is 4.74 Å². The average Bonchev–Trinajstić information content (AvgIpc) is 3.38. The fourth-order valence-corrected chi connectivity index (χ4v) is 3.41. The minimum atomic E-state index is 0.487. The second-order valence-electron chi connectivity index (χ2n) is 6.61. The van der Waals surface area contributed by atoms with Crippen LogP contribution in [-0.4, -0.2) is 10.1 Å². The molecule has 0 aliphatic rings. The number of hydrogen-bond donors (Lipinski definition) is 0. The molecule has 0 aliphatic heterocycles. The van der Waals surface area contributed by atoms with Crippen molar-refractivity contribution >= 4 is 11.3 Å². The van der Waals surface area contributed by atoms with E-state index in [9.17, 15) is 0 Å². The zero-order chi connectivity index (χ0) is 18.6. The summed E-state index contributed by atoms with van der Waals surface area (Å²) in [5.41, 5.74) is 3.25. The van der Waals surface area contributed by atoms with Gasteiger partial charge in [-0.2, -0.15) is 4.98 Å². The molecule has 136 valence electrons. The van der Waals surface area contributed by atoms with Crippen LogP contribution in [0.2, 0.25) is 0 Å². The van der Waals surface area contributed by atoms with Gasteiger partial charge in [0, 0.05) is 5.56 Å². The standard InChI is InChI=1S/C22H20N2O2S/c1-15(2)17-8-10-19(11-9-17)25-14-16-5-3-6-18(13-16)22-23-21(24-26-22)20-7-4-12-27-20/h3-13,15H,14H2,1-2H3. The Bertz CT molecular complexity index is 1000. The van der Waals surface area contributed by atoms with Crippen molar-refractivity contribution < 1.29 is 9.26 Å². The first-order valence-electron chi connectivity index (χ1n) is 8.89. The quantitative estimate of drug-likeness (QED) is 0.404. The van der Waals surface area contributed by atoms with E-state index < -0.39 is 0 Å². The number of thiophene rings is 1. The zero-order valence-corrected chi connectivity index (χ0v) is 16.1. The molecule has 0 bridgehead atoms. The summed E-state index contributed by atoms with van der Waals surface area (Å²) >= 11 is 1.59. The lowest BCUT2D eigenvalue weighted by molar-refractivity contribution is 0.306. The van der Waals surface area contributed by atoms with E-state index in [2.05, 4.69) is 36.1 Å². The fourth-order valence-electron chi connectivity index (χ4n) is 2.76. The van der Waals surface area contributed by atoms with E-state index in [0.29, 0.717) is 24.2 Å². The molecular formula is C22H20N2O2S. The maximum Gasteiger partial charge on any atom is 0.258 e. The third kappa shape index (κ3) is 4.09. The number of nitrogens with zero attached hydrogens (tertiary/aromatic N) is 2. The summed E-state index contributed by atoms with van der Waals surface area (Å²) in [6.45, 7) is 4.85. The largest absolute Gasteiger partial charge is 0.489 e. The van der Waals surface area contributed by atoms with E-state index in [1.54, 1.807) is 11.3 Å². The summed E-state index contributed by atoms with van der Waals surface area (Å²) < 4.78 is 11.3. The molecule has 0 radical (unpaired) electrons. The molecule has 0 saturated carbocycles. The van der Waals surface area contributed by atoms with Crippen LogP contribution in [0.4, 0.5) is 0 Å². The Labute approximate surface area is 162 Å². The number of aromatic nitrogens is 2. The molecular weight excluding hydrogens is 356 g/mol. The molecule has 27 heavy (non-hydrogen) atoms. The maximum absolute atomic E-state index is 5.92. The molecule has 0 unspecified atom stereocenters. The number of hydrogen-bond acceptors (Lipinski definition) is 5. The van der Waals surface area contributed by atoms with E-state index in [1.807, 2.05) is 53.9 Å². The van der Waals surface area contributed by atoms with Crippen molar-refractivity contribution in [2.45, 2.75) is 26.4 Å². The van der Waals surface area contributed by atoms with Crippen molar-refractivity contribution in [2.75, 3.05) is 0 Å². The highest BCUT2D eigenvalue weighted by Gasteiger charge is 2.11. The Kier molecular flexibility index (Phi) is 5.03. The van der Waals surface area contributed by atoms with Gasteiger partial charge in [-0.25, -0.2) is 0 Å². The molecule has 0 fully saturated rings. The van der Waals surface area contributed by atoms with Gasteiger partial charge in [-0.15, -0.1) is 11.3 Å². The first-order chi connectivity index (χ1) is 13.2. The Balaban J connectivity index is 1.46. The highest BCUT2D eigenvalue weighted by molar-refractivity contribution is 7.13. The zero-order valence-electron chi connectivity index (χ0n) is 15.3. The van der Waals surface area contributed by atoms with Gasteiger partial charge in [0.05, 0.1) is 4.88 Å². The summed E-state index contributed by atoms with van der Waals surface area (Å²) in [7, 11) is 0. The third-order valence-electron chi connectivity index (χ3n) is 4.29. The molecule has 0 N–H and O–H groups in total. The van der Waals surface area contributed by atoms with E-state index in [4.69, 9.17) is 9.26 Å². The van der Waals surface area contributed by atoms with Crippen LogP contribution in [-0.2, 0) is 6.61 Å². The summed E-state index contributed by atoms with van der Waals surface area (Å²) in [5.74, 6) is 2.51. The van der Waals surface area contributed by atoms with Crippen LogP contribution in [0.25, 0.3) is 22.2 Å². The van der Waals surface area contributed by atoms with E-state index in [1.165, 1.54) is 5.56 Å². The third-order valence-corrected chi connectivity index (χ3v) is 5.16. The second-order valence-corrected chi connectivity index (χ2v) is 7.56. The van der Waals surface area contributed by atoms with Gasteiger partial charge in [0.1, 0.15) is 12.4 Å². The average molecular weight is 376 g/mol. The van der Waals surface area contributed by atoms with Gasteiger partial charge in [-0.1, -0.05) is 49.3 Å². The van der Waals surface area contributed by atoms with Gasteiger partial charge in [0.2, 0.25) is 5.82 Å². The van der Waals surface area contributed by atoms with Crippen LogP contribution >= 0.6 is 11.3 Å². The van der Waals surface area contributed by atoms with Crippen LogP contribution in [0.15, 0.2) is 70.6 Å². The lowest BCUT2D eigenvalue weighted by atomic mass is 10.0. The summed E-state index contributed by atoms with van der Waals surface area (Å²) in [5, 5.41) is 6.07. The lowest BCUT2D eigenvalue weighted by Crippen LogP contribution is -1.96. The summed E-state index contributed by atoms with van der Waals surface area (Å²) in [6.07, 6.45) is 0. The number of rotatable bonds is 6. The first-order valence-corrected chi connectivity index (χ1v) is 9.76. The monoisotopic (exact) mass is 376 g/mol. The highest BCUT2D eigenvalue weighted by atomic mass is 32.1. The molecule has 0 amide bonds. The molecule has 0 aliphatic carbocycles. The Morgan fingerprint density at radius 3 is 2.63 bits per heavy atom. The van der Waals surface area contributed by atoms with Crippen molar-refractivity contribution in [1.82, 2.24) is 10.1 Å². The predicted molar refractivity (Wildman–Crippen MR) is 108 cm³/mol. The van der Waals surface area contributed by atoms with Gasteiger partial charge >= 0.3 is 0 Å². The Hall–Kier alpha value is -2.92. The normalized spacial score (nSPS) is 11.1. The minimum Gasteiger partial charge on any atom is -0.489 e. The summed E-state index contributed by atoms with van der Waals surface area (Å²) in [4.78, 5) is 5.50. The van der Waals surface area contributed by atoms with E-state index >= 15 is 0 Å². The van der Waals surface area contributed by atoms with Crippen molar-refractivity contribution in [1.29, 1.82) is 0 Å². The second kappa shape index (κ2) is 7.76. The van der Waals surface area contributed by atoms with E-state index in [-0.39, 0.29) is 0 Å². The van der Waals surface area contributed by atoms with E-state index in [0.717, 1.165) is 21.8 Å². The molecule has 5 heteroatoms. The Morgan fingerprint density at radius 2 is 1.89 bits per heavy atom. The Morgan fingerprint density at radius 1 is 1.04 bits per heavy atom. The molecule has 4 nitrogen and oxygen atoms in total. The van der Waals surface area contributed by atoms with Crippen LogP contribution in [0.3, 0.4) is 0 Å². The number of benzene rings is 2. The molecule has 2 aromatic heterocycles. The molecule has 0 atom stereocenters. The van der Waals surface area contributed by atoms with Crippen molar-refractivity contribution in [3.8, 4) is 27.9 Å². The highest BCUT2D eigenvalue weighted by Crippen LogP contribution is 2.26. The predicted octanol–water partition coefficient (Wildman–Crippen LogP) is 6.17. The smallest absolute Gasteiger partial charge is 0.258 e. The molecule has 0 spiro atoms. The molecule has 4 rings (SSSR count). The van der Waals surface area contributed by atoms with Crippen molar-refractivity contribution in [2.24, 2.45) is 0 Å². The van der Waals surface area contributed by atoms with Crippen LogP contribution in [0.1, 0.15) is 30.9 Å². The minimum absolute atomic E-state index is 0.487. The first kappa shape index (κ1) is 17.5. The molecule has 2 heterocycles. The summed E-state index contributed by atoms with van der Waals surface area (Å²) in [6, 6.07) is 20.2. The van der Waals surface area contributed by atoms with Gasteiger partial charge in [-0.3, -0.25) is 0 Å². The van der Waals surface area contributed by atoms with Gasteiger partial charge in [-0.05, 0) is 52.8 Å². The topological polar surface area (TPSA) is 48.2 Å². The maximum atomic E-state index is 5.92. The van der Waals surface area contributed by atoms with Crippen molar-refractivity contribution in [3.05, 3.63) is 77.2 Å². The fraction of sp³-hybridized carbons (Fsp3) is 0.182. The van der Waals surface area contributed by atoms with Gasteiger partial charge in [0.15, 0.2) is 0 Å². The van der Waals surface area contributed by atoms with Crippen molar-refractivity contribution in [3.63, 3.8) is 0 Å². The molecule has 0 saturated heterocycles. The molecule has 4 aromatic rings. The van der Waals surface area contributed by atoms with Crippen LogP contribution in [0, 0.1) is 0 Å². The number of ether oxygens (including phenoxy) is 1. The lowest BCUT2D eigenvalue weighted by Gasteiger charge is -2.09. The molecule has 2 aromatic carbocycles. The van der Waals surface area contributed by atoms with Gasteiger partial charge < -0.3 is 9.26 Å².